The van der Waals surface area contributed by atoms with Crippen LogP contribution in [0.15, 0.2) is 24.3 Å². The lowest BCUT2D eigenvalue weighted by Gasteiger charge is -2.33. The van der Waals surface area contributed by atoms with Gasteiger partial charge in [-0.25, -0.2) is 9.97 Å². The van der Waals surface area contributed by atoms with Gasteiger partial charge in [0.05, 0.1) is 12.8 Å². The predicted molar refractivity (Wildman–Crippen MR) is 121 cm³/mol. The number of benzene rings is 1. The molecule has 7 heteroatoms. The number of aromatic nitrogens is 2. The number of nitrogens with zero attached hydrogens (tertiary/aromatic N) is 4. The lowest BCUT2D eigenvalue weighted by molar-refractivity contribution is -0.132. The minimum absolute atomic E-state index is 0.204. The van der Waals surface area contributed by atoms with Gasteiger partial charge in [0.15, 0.2) is 0 Å². The van der Waals surface area contributed by atoms with Crippen LogP contribution >= 0.6 is 0 Å². The van der Waals surface area contributed by atoms with Crippen molar-refractivity contribution in [2.75, 3.05) is 46.2 Å². The molecule has 1 amide bonds. The Hall–Kier alpha value is -2.67. The van der Waals surface area contributed by atoms with Crippen molar-refractivity contribution in [2.24, 2.45) is 0 Å². The number of likely N-dealkylation sites (tertiary alicyclic amines) is 1. The highest BCUT2D eigenvalue weighted by atomic mass is 16.5. The summed E-state index contributed by atoms with van der Waals surface area (Å²) in [6.45, 7) is 3.44. The number of methoxy groups -OCH3 is 1. The van der Waals surface area contributed by atoms with Crippen molar-refractivity contribution in [3.63, 3.8) is 0 Å². The predicted octanol–water partition coefficient (Wildman–Crippen LogP) is 2.85. The van der Waals surface area contributed by atoms with Gasteiger partial charge in [0, 0.05) is 57.5 Å². The molecule has 2 aliphatic rings. The third-order valence-electron chi connectivity index (χ3n) is 6.43. The Labute approximate surface area is 184 Å². The molecule has 166 valence electrons. The molecule has 1 N–H and O–H groups in total. The fourth-order valence-corrected chi connectivity index (χ4v) is 4.57. The summed E-state index contributed by atoms with van der Waals surface area (Å²) < 4.78 is 5.21. The smallest absolute Gasteiger partial charge is 0.222 e. The second kappa shape index (κ2) is 9.64. The number of hydrogen-bond acceptors (Lipinski definition) is 6. The average molecular weight is 424 g/mol. The largest absolute Gasteiger partial charge is 0.497 e. The lowest BCUT2D eigenvalue weighted by atomic mass is 9.95. The molecule has 1 fully saturated rings. The van der Waals surface area contributed by atoms with E-state index in [1.165, 1.54) is 5.56 Å². The molecule has 31 heavy (non-hydrogen) atoms. The first-order chi connectivity index (χ1) is 15.1. The number of carbonyl (C=O) groups is 1. The van der Waals surface area contributed by atoms with Gasteiger partial charge in [0.2, 0.25) is 5.91 Å². The fraction of sp³-hybridized carbons (Fsp3) is 0.542. The van der Waals surface area contributed by atoms with E-state index in [-0.39, 0.29) is 11.8 Å². The van der Waals surface area contributed by atoms with E-state index in [4.69, 9.17) is 14.7 Å². The van der Waals surface area contributed by atoms with Crippen molar-refractivity contribution >= 4 is 11.7 Å². The Morgan fingerprint density at radius 3 is 2.77 bits per heavy atom. The Morgan fingerprint density at radius 2 is 2.03 bits per heavy atom. The third-order valence-corrected chi connectivity index (χ3v) is 6.43. The maximum absolute atomic E-state index is 12.9. The maximum atomic E-state index is 12.9. The molecule has 0 spiro atoms. The summed E-state index contributed by atoms with van der Waals surface area (Å²) >= 11 is 0. The molecule has 1 aromatic carbocycles. The van der Waals surface area contributed by atoms with Crippen LogP contribution in [0.25, 0.3) is 0 Å². The van der Waals surface area contributed by atoms with E-state index in [0.29, 0.717) is 13.0 Å². The average Bonchev–Trinajstić information content (AvgIpc) is 2.82. The van der Waals surface area contributed by atoms with Gasteiger partial charge in [-0.1, -0.05) is 12.1 Å². The molecule has 0 radical (unpaired) electrons. The van der Waals surface area contributed by atoms with Crippen molar-refractivity contribution in [3.05, 3.63) is 46.9 Å². The number of nitrogens with one attached hydrogen (secondary N) is 1. The quantitative estimate of drug-likeness (QED) is 0.771. The molecule has 1 atom stereocenters. The van der Waals surface area contributed by atoms with Crippen LogP contribution in [0.3, 0.4) is 0 Å². The van der Waals surface area contributed by atoms with Crippen molar-refractivity contribution in [3.8, 4) is 5.75 Å². The zero-order valence-corrected chi connectivity index (χ0v) is 18.9. The van der Waals surface area contributed by atoms with E-state index < -0.39 is 0 Å². The summed E-state index contributed by atoms with van der Waals surface area (Å²) in [5.41, 5.74) is 3.53. The fourth-order valence-electron chi connectivity index (χ4n) is 4.57. The van der Waals surface area contributed by atoms with Gasteiger partial charge in [0.25, 0.3) is 0 Å². The van der Waals surface area contributed by atoms with E-state index in [1.807, 2.05) is 36.2 Å². The SMILES string of the molecule is CNc1nc(C2CCCN(C(=O)CCc3ccc(OC)cc3)C2)nc2c1CN(C)CC2. The first-order valence-corrected chi connectivity index (χ1v) is 11.2. The van der Waals surface area contributed by atoms with Gasteiger partial charge in [-0.15, -0.1) is 0 Å². The van der Waals surface area contributed by atoms with Gasteiger partial charge in [-0.05, 0) is 44.0 Å². The van der Waals surface area contributed by atoms with Gasteiger partial charge < -0.3 is 19.9 Å². The zero-order valence-electron chi connectivity index (χ0n) is 18.9. The zero-order chi connectivity index (χ0) is 21.8. The molecule has 1 aromatic heterocycles. The Kier molecular flexibility index (Phi) is 6.70. The van der Waals surface area contributed by atoms with Crippen molar-refractivity contribution in [2.45, 2.75) is 44.6 Å². The van der Waals surface area contributed by atoms with Gasteiger partial charge in [-0.2, -0.15) is 0 Å². The van der Waals surface area contributed by atoms with Crippen LogP contribution < -0.4 is 10.1 Å². The molecule has 7 nitrogen and oxygen atoms in total. The van der Waals surface area contributed by atoms with Crippen molar-refractivity contribution in [1.29, 1.82) is 0 Å². The van der Waals surface area contributed by atoms with E-state index >= 15 is 0 Å². The van der Waals surface area contributed by atoms with Crippen molar-refractivity contribution in [1.82, 2.24) is 19.8 Å². The van der Waals surface area contributed by atoms with Crippen molar-refractivity contribution < 1.29 is 9.53 Å². The number of anilines is 1. The number of piperidine rings is 1. The minimum Gasteiger partial charge on any atom is -0.497 e. The number of amides is 1. The normalized spacial score (nSPS) is 19.1. The topological polar surface area (TPSA) is 70.6 Å². The van der Waals surface area contributed by atoms with Crippen LogP contribution in [0.5, 0.6) is 5.75 Å². The van der Waals surface area contributed by atoms with E-state index in [1.54, 1.807) is 7.11 Å². The number of ether oxygens (including phenoxy) is 1. The Bertz CT molecular complexity index is 898. The van der Waals surface area contributed by atoms with Gasteiger partial charge in [-0.3, -0.25) is 4.79 Å². The standard InChI is InChI=1S/C24H33N5O2/c1-25-24-20-16-28(2)14-12-21(20)26-23(27-24)18-5-4-13-29(15-18)22(30)11-8-17-6-9-19(31-3)10-7-17/h6-7,9-10,18H,4-5,8,11-16H2,1-3H3,(H,25,26,27). The second-order valence-corrected chi connectivity index (χ2v) is 8.62. The highest BCUT2D eigenvalue weighted by Crippen LogP contribution is 2.30. The molecule has 1 saturated heterocycles. The first-order valence-electron chi connectivity index (χ1n) is 11.2. The number of carbonyl (C=O) groups excluding carboxylic acids is 1. The molecule has 3 heterocycles. The minimum atomic E-state index is 0.204. The Balaban J connectivity index is 1.41. The summed E-state index contributed by atoms with van der Waals surface area (Å²) in [6, 6.07) is 7.95. The molecule has 0 aliphatic carbocycles. The number of fused-ring (bicyclic) bond motifs is 1. The van der Waals surface area contributed by atoms with E-state index in [0.717, 1.165) is 74.0 Å². The molecular weight excluding hydrogens is 390 g/mol. The van der Waals surface area contributed by atoms with E-state index in [9.17, 15) is 4.79 Å². The molecule has 2 aromatic rings. The monoisotopic (exact) mass is 423 g/mol. The number of rotatable bonds is 6. The molecule has 0 bridgehead atoms. The van der Waals surface area contributed by atoms with Crippen LogP contribution in [-0.4, -0.2) is 66.5 Å². The number of aryl methyl sites for hydroxylation is 1. The van der Waals surface area contributed by atoms with Crippen LogP contribution in [0.1, 0.15) is 47.8 Å². The lowest BCUT2D eigenvalue weighted by Crippen LogP contribution is -2.40. The summed E-state index contributed by atoms with van der Waals surface area (Å²) in [7, 11) is 5.72. The molecule has 1 unspecified atom stereocenters. The third kappa shape index (κ3) is 4.98. The number of likely N-dealkylation sites (N-methyl/N-ethyl adjacent to an activating group) is 1. The summed E-state index contributed by atoms with van der Waals surface area (Å²) in [5, 5.41) is 3.27. The summed E-state index contributed by atoms with van der Waals surface area (Å²) in [4.78, 5) is 27.0. The van der Waals surface area contributed by atoms with Crippen LogP contribution in [-0.2, 0) is 24.2 Å². The summed E-state index contributed by atoms with van der Waals surface area (Å²) in [5.74, 6) is 3.09. The van der Waals surface area contributed by atoms with Crippen LogP contribution in [0.2, 0.25) is 0 Å². The van der Waals surface area contributed by atoms with Gasteiger partial charge in [0.1, 0.15) is 17.4 Å². The number of hydrogen-bond donors (Lipinski definition) is 1. The van der Waals surface area contributed by atoms with E-state index in [2.05, 4.69) is 17.3 Å². The van der Waals surface area contributed by atoms with Gasteiger partial charge >= 0.3 is 0 Å². The highest BCUT2D eigenvalue weighted by molar-refractivity contribution is 5.76. The van der Waals surface area contributed by atoms with Crippen LogP contribution in [0.4, 0.5) is 5.82 Å². The van der Waals surface area contributed by atoms with Crippen LogP contribution in [0, 0.1) is 0 Å². The Morgan fingerprint density at radius 1 is 1.23 bits per heavy atom. The molecule has 4 rings (SSSR count). The summed E-state index contributed by atoms with van der Waals surface area (Å²) in [6.07, 6.45) is 4.25. The first kappa shape index (κ1) is 21.6. The highest BCUT2D eigenvalue weighted by Gasteiger charge is 2.28. The molecule has 0 saturated carbocycles. The molecule has 2 aliphatic heterocycles. The molecular formula is C24H33N5O2. The maximum Gasteiger partial charge on any atom is 0.222 e. The second-order valence-electron chi connectivity index (χ2n) is 8.62.